The predicted octanol–water partition coefficient (Wildman–Crippen LogP) is 2.93. The Labute approximate surface area is 106 Å². The molecule has 3 heteroatoms. The molecule has 0 amide bonds. The third-order valence-electron chi connectivity index (χ3n) is 2.66. The molecule has 1 rings (SSSR count). The Balaban J connectivity index is 2.45. The van der Waals surface area contributed by atoms with Crippen LogP contribution >= 0.6 is 22.6 Å². The lowest BCUT2D eigenvalue weighted by Crippen LogP contribution is -2.27. The molecule has 1 aromatic rings. The SMILES string of the molecule is CC(C)C(CN)CNc1ccc(I)cc1. The first-order chi connectivity index (χ1) is 7.13. The van der Waals surface area contributed by atoms with Crippen LogP contribution in [0.3, 0.4) is 0 Å². The Morgan fingerprint density at radius 2 is 1.87 bits per heavy atom. The predicted molar refractivity (Wildman–Crippen MR) is 75.0 cm³/mol. The summed E-state index contributed by atoms with van der Waals surface area (Å²) < 4.78 is 1.26. The molecule has 2 nitrogen and oxygen atoms in total. The highest BCUT2D eigenvalue weighted by Crippen LogP contribution is 2.14. The van der Waals surface area contributed by atoms with Crippen LogP contribution in [-0.4, -0.2) is 13.1 Å². The van der Waals surface area contributed by atoms with Crippen LogP contribution in [0, 0.1) is 15.4 Å². The van der Waals surface area contributed by atoms with Gasteiger partial charge in [-0.05, 0) is 65.2 Å². The number of nitrogens with two attached hydrogens (primary N) is 1. The van der Waals surface area contributed by atoms with Gasteiger partial charge in [0.1, 0.15) is 0 Å². The van der Waals surface area contributed by atoms with E-state index in [1.165, 1.54) is 9.26 Å². The molecule has 84 valence electrons. The lowest BCUT2D eigenvalue weighted by Gasteiger charge is -2.19. The molecule has 0 heterocycles. The van der Waals surface area contributed by atoms with Crippen molar-refractivity contribution in [1.29, 1.82) is 0 Å². The van der Waals surface area contributed by atoms with Crippen molar-refractivity contribution < 1.29 is 0 Å². The number of anilines is 1. The number of hydrogen-bond acceptors (Lipinski definition) is 2. The summed E-state index contributed by atoms with van der Waals surface area (Å²) in [7, 11) is 0. The Kier molecular flexibility index (Phi) is 5.39. The third-order valence-corrected chi connectivity index (χ3v) is 3.38. The minimum Gasteiger partial charge on any atom is -0.385 e. The van der Waals surface area contributed by atoms with E-state index in [2.05, 4.69) is 66.0 Å². The van der Waals surface area contributed by atoms with Crippen LogP contribution in [0.1, 0.15) is 13.8 Å². The summed E-state index contributed by atoms with van der Waals surface area (Å²) in [6.45, 7) is 6.13. The van der Waals surface area contributed by atoms with E-state index in [0.29, 0.717) is 11.8 Å². The lowest BCUT2D eigenvalue weighted by molar-refractivity contribution is 0.413. The second-order valence-electron chi connectivity index (χ2n) is 4.13. The first-order valence-electron chi connectivity index (χ1n) is 5.33. The fraction of sp³-hybridized carbons (Fsp3) is 0.500. The molecular formula is C12H19IN2. The van der Waals surface area contributed by atoms with Crippen LogP contribution in [0.2, 0.25) is 0 Å². The second-order valence-corrected chi connectivity index (χ2v) is 5.37. The van der Waals surface area contributed by atoms with Crippen LogP contribution < -0.4 is 11.1 Å². The first kappa shape index (κ1) is 12.8. The smallest absolute Gasteiger partial charge is 0.0340 e. The van der Waals surface area contributed by atoms with E-state index in [1.54, 1.807) is 0 Å². The molecule has 0 spiro atoms. The topological polar surface area (TPSA) is 38.0 Å². The van der Waals surface area contributed by atoms with Crippen molar-refractivity contribution in [3.8, 4) is 0 Å². The summed E-state index contributed by atoms with van der Waals surface area (Å²) in [6, 6.07) is 8.43. The van der Waals surface area contributed by atoms with Crippen molar-refractivity contribution in [2.45, 2.75) is 13.8 Å². The summed E-state index contributed by atoms with van der Waals surface area (Å²) in [5.74, 6) is 1.18. The molecule has 0 aliphatic carbocycles. The number of halogens is 1. The molecule has 1 unspecified atom stereocenters. The third kappa shape index (κ3) is 4.38. The van der Waals surface area contributed by atoms with Gasteiger partial charge in [0.2, 0.25) is 0 Å². The molecule has 0 aliphatic heterocycles. The molecular weight excluding hydrogens is 299 g/mol. The van der Waals surface area contributed by atoms with Crippen molar-refractivity contribution in [3.05, 3.63) is 27.8 Å². The monoisotopic (exact) mass is 318 g/mol. The van der Waals surface area contributed by atoms with Gasteiger partial charge in [-0.15, -0.1) is 0 Å². The highest BCUT2D eigenvalue weighted by Gasteiger charge is 2.10. The minimum atomic E-state index is 0.546. The quantitative estimate of drug-likeness (QED) is 0.819. The molecule has 0 fully saturated rings. The number of hydrogen-bond donors (Lipinski definition) is 2. The molecule has 0 aromatic heterocycles. The summed E-state index contributed by atoms with van der Waals surface area (Å²) >= 11 is 2.31. The molecule has 1 atom stereocenters. The molecule has 0 bridgehead atoms. The number of rotatable bonds is 5. The minimum absolute atomic E-state index is 0.546. The van der Waals surface area contributed by atoms with Crippen LogP contribution in [-0.2, 0) is 0 Å². The summed E-state index contributed by atoms with van der Waals surface area (Å²) in [4.78, 5) is 0. The Hall–Kier alpha value is -0.290. The van der Waals surface area contributed by atoms with Gasteiger partial charge in [-0.2, -0.15) is 0 Å². The molecule has 15 heavy (non-hydrogen) atoms. The highest BCUT2D eigenvalue weighted by molar-refractivity contribution is 14.1. The van der Waals surface area contributed by atoms with Gasteiger partial charge in [0, 0.05) is 15.8 Å². The average Bonchev–Trinajstić information content (AvgIpc) is 2.21. The Morgan fingerprint density at radius 1 is 1.27 bits per heavy atom. The van der Waals surface area contributed by atoms with E-state index in [0.717, 1.165) is 13.1 Å². The highest BCUT2D eigenvalue weighted by atomic mass is 127. The van der Waals surface area contributed by atoms with Crippen molar-refractivity contribution in [2.24, 2.45) is 17.6 Å². The molecule has 0 radical (unpaired) electrons. The second kappa shape index (κ2) is 6.33. The van der Waals surface area contributed by atoms with E-state index in [4.69, 9.17) is 5.73 Å². The molecule has 0 saturated carbocycles. The molecule has 3 N–H and O–H groups in total. The van der Waals surface area contributed by atoms with Crippen LogP contribution in [0.25, 0.3) is 0 Å². The maximum Gasteiger partial charge on any atom is 0.0340 e. The van der Waals surface area contributed by atoms with Gasteiger partial charge in [0.05, 0.1) is 0 Å². The average molecular weight is 318 g/mol. The molecule has 0 saturated heterocycles. The molecule has 1 aromatic carbocycles. The first-order valence-corrected chi connectivity index (χ1v) is 6.41. The van der Waals surface area contributed by atoms with Crippen molar-refractivity contribution in [1.82, 2.24) is 0 Å². The van der Waals surface area contributed by atoms with E-state index in [-0.39, 0.29) is 0 Å². The van der Waals surface area contributed by atoms with Crippen LogP contribution in [0.15, 0.2) is 24.3 Å². The van der Waals surface area contributed by atoms with Gasteiger partial charge in [0.25, 0.3) is 0 Å². The van der Waals surface area contributed by atoms with Crippen molar-refractivity contribution in [3.63, 3.8) is 0 Å². The fourth-order valence-corrected chi connectivity index (χ4v) is 1.77. The Bertz CT molecular complexity index is 282. The zero-order valence-electron chi connectivity index (χ0n) is 9.33. The van der Waals surface area contributed by atoms with Crippen molar-refractivity contribution >= 4 is 28.3 Å². The molecule has 0 aliphatic rings. The van der Waals surface area contributed by atoms with E-state index in [9.17, 15) is 0 Å². The van der Waals surface area contributed by atoms with Gasteiger partial charge >= 0.3 is 0 Å². The van der Waals surface area contributed by atoms with Crippen LogP contribution in [0.5, 0.6) is 0 Å². The standard InChI is InChI=1S/C12H19IN2/c1-9(2)10(7-14)8-15-12-5-3-11(13)4-6-12/h3-6,9-10,15H,7-8,14H2,1-2H3. The summed E-state index contributed by atoms with van der Waals surface area (Å²) in [6.07, 6.45) is 0. The van der Waals surface area contributed by atoms with E-state index < -0.39 is 0 Å². The van der Waals surface area contributed by atoms with Gasteiger partial charge in [-0.25, -0.2) is 0 Å². The maximum atomic E-state index is 5.72. The number of benzene rings is 1. The Morgan fingerprint density at radius 3 is 2.33 bits per heavy atom. The van der Waals surface area contributed by atoms with Gasteiger partial charge in [0.15, 0.2) is 0 Å². The van der Waals surface area contributed by atoms with Crippen molar-refractivity contribution in [2.75, 3.05) is 18.4 Å². The zero-order valence-corrected chi connectivity index (χ0v) is 11.5. The summed E-state index contributed by atoms with van der Waals surface area (Å²) in [5, 5.41) is 3.42. The van der Waals surface area contributed by atoms with Crippen LogP contribution in [0.4, 0.5) is 5.69 Å². The van der Waals surface area contributed by atoms with Gasteiger partial charge < -0.3 is 11.1 Å². The van der Waals surface area contributed by atoms with E-state index in [1.807, 2.05) is 0 Å². The normalized spacial score (nSPS) is 12.9. The lowest BCUT2D eigenvalue weighted by atomic mass is 9.96. The largest absolute Gasteiger partial charge is 0.385 e. The van der Waals surface area contributed by atoms with Gasteiger partial charge in [-0.1, -0.05) is 13.8 Å². The van der Waals surface area contributed by atoms with E-state index >= 15 is 0 Å². The maximum absolute atomic E-state index is 5.72. The number of nitrogens with one attached hydrogen (secondary N) is 1. The van der Waals surface area contributed by atoms with Gasteiger partial charge in [-0.3, -0.25) is 0 Å². The fourth-order valence-electron chi connectivity index (χ4n) is 1.41. The zero-order chi connectivity index (χ0) is 11.3. The summed E-state index contributed by atoms with van der Waals surface area (Å²) in [5.41, 5.74) is 6.90.